The van der Waals surface area contributed by atoms with Crippen molar-refractivity contribution in [1.29, 1.82) is 0 Å². The van der Waals surface area contributed by atoms with Crippen molar-refractivity contribution in [2.45, 2.75) is 25.7 Å². The number of carbonyl (C=O) groups is 2. The van der Waals surface area contributed by atoms with Crippen LogP contribution in [0.3, 0.4) is 0 Å². The fourth-order valence-electron chi connectivity index (χ4n) is 1.60. The zero-order chi connectivity index (χ0) is 13.1. The molecular weight excluding hydrogens is 236 g/mol. The molecule has 1 amide bonds. The number of hydrogen-bond acceptors (Lipinski definition) is 5. The van der Waals surface area contributed by atoms with E-state index in [1.807, 2.05) is 0 Å². The molecule has 98 valence electrons. The Bertz CT molecular complexity index is 453. The van der Waals surface area contributed by atoms with Gasteiger partial charge in [0.15, 0.2) is 0 Å². The zero-order valence-corrected chi connectivity index (χ0v) is 10.5. The number of amides is 1. The van der Waals surface area contributed by atoms with Crippen LogP contribution < -0.4 is 0 Å². The number of methoxy groups -OCH3 is 1. The van der Waals surface area contributed by atoms with E-state index in [-0.39, 0.29) is 18.3 Å². The number of H-pyrrole nitrogens is 1. The van der Waals surface area contributed by atoms with Crippen molar-refractivity contribution in [2.75, 3.05) is 20.2 Å². The number of hydrogen-bond donors (Lipinski definition) is 1. The molecule has 1 heterocycles. The molecule has 1 fully saturated rings. The maximum Gasteiger partial charge on any atom is 0.325 e. The smallest absolute Gasteiger partial charge is 0.325 e. The standard InChI is InChI=1S/C11H16N4O3/c1-3-15(6-8(16)18-2)11(17)10-12-9(13-14-10)7-4-5-7/h7H,3-6H2,1-2H3,(H,12,13,14). The lowest BCUT2D eigenvalue weighted by atomic mass is 10.4. The van der Waals surface area contributed by atoms with Gasteiger partial charge in [0.2, 0.25) is 5.82 Å². The SMILES string of the molecule is CCN(CC(=O)OC)C(=O)c1n[nH]c(C2CC2)n1. The molecule has 0 unspecified atom stereocenters. The highest BCUT2D eigenvalue weighted by Crippen LogP contribution is 2.37. The Balaban J connectivity index is 2.04. The minimum Gasteiger partial charge on any atom is -0.468 e. The van der Waals surface area contributed by atoms with Gasteiger partial charge in [0.25, 0.3) is 5.91 Å². The van der Waals surface area contributed by atoms with Gasteiger partial charge in [0.05, 0.1) is 7.11 Å². The van der Waals surface area contributed by atoms with Gasteiger partial charge in [-0.1, -0.05) is 0 Å². The quantitative estimate of drug-likeness (QED) is 0.762. The van der Waals surface area contributed by atoms with Gasteiger partial charge < -0.3 is 9.64 Å². The van der Waals surface area contributed by atoms with E-state index in [0.29, 0.717) is 12.5 Å². The molecule has 7 heteroatoms. The Morgan fingerprint density at radius 2 is 2.22 bits per heavy atom. The van der Waals surface area contributed by atoms with Crippen LogP contribution in [-0.2, 0) is 9.53 Å². The van der Waals surface area contributed by atoms with Crippen molar-refractivity contribution in [1.82, 2.24) is 20.1 Å². The topological polar surface area (TPSA) is 88.2 Å². The first-order valence-corrected chi connectivity index (χ1v) is 5.94. The van der Waals surface area contributed by atoms with Crippen molar-refractivity contribution in [2.24, 2.45) is 0 Å². The molecule has 7 nitrogen and oxygen atoms in total. The molecule has 1 aromatic heterocycles. The predicted molar refractivity (Wildman–Crippen MR) is 62.0 cm³/mol. The molecule has 1 aromatic rings. The lowest BCUT2D eigenvalue weighted by molar-refractivity contribution is -0.141. The minimum atomic E-state index is -0.455. The van der Waals surface area contributed by atoms with Gasteiger partial charge in [-0.25, -0.2) is 4.98 Å². The summed E-state index contributed by atoms with van der Waals surface area (Å²) >= 11 is 0. The second-order valence-electron chi connectivity index (χ2n) is 4.21. The average Bonchev–Trinajstić information content (AvgIpc) is 3.12. The van der Waals surface area contributed by atoms with Gasteiger partial charge in [-0.3, -0.25) is 14.7 Å². The highest BCUT2D eigenvalue weighted by atomic mass is 16.5. The number of ether oxygens (including phenoxy) is 1. The molecule has 1 N–H and O–H groups in total. The Labute approximate surface area is 105 Å². The first-order valence-electron chi connectivity index (χ1n) is 5.94. The van der Waals surface area contributed by atoms with Gasteiger partial charge in [-0.15, -0.1) is 5.10 Å². The van der Waals surface area contributed by atoms with Crippen LogP contribution in [0.15, 0.2) is 0 Å². The maximum absolute atomic E-state index is 12.1. The minimum absolute atomic E-state index is 0.0842. The van der Waals surface area contributed by atoms with E-state index in [2.05, 4.69) is 19.9 Å². The number of likely N-dealkylation sites (N-methyl/N-ethyl adjacent to an activating group) is 1. The Hall–Kier alpha value is -1.92. The van der Waals surface area contributed by atoms with Crippen LogP contribution in [-0.4, -0.2) is 52.2 Å². The van der Waals surface area contributed by atoms with E-state index < -0.39 is 5.97 Å². The molecule has 18 heavy (non-hydrogen) atoms. The summed E-state index contributed by atoms with van der Waals surface area (Å²) in [5, 5.41) is 6.67. The molecule has 0 atom stereocenters. The molecule has 2 rings (SSSR count). The number of nitrogens with one attached hydrogen (secondary N) is 1. The summed E-state index contributed by atoms with van der Waals surface area (Å²) in [6, 6.07) is 0. The molecule has 0 aliphatic heterocycles. The van der Waals surface area contributed by atoms with Gasteiger partial charge in [-0.2, -0.15) is 0 Å². The van der Waals surface area contributed by atoms with Crippen molar-refractivity contribution < 1.29 is 14.3 Å². The maximum atomic E-state index is 12.1. The number of esters is 1. The van der Waals surface area contributed by atoms with Gasteiger partial charge in [0, 0.05) is 12.5 Å². The fourth-order valence-corrected chi connectivity index (χ4v) is 1.60. The Morgan fingerprint density at radius 3 is 2.78 bits per heavy atom. The highest BCUT2D eigenvalue weighted by molar-refractivity contribution is 5.92. The van der Waals surface area contributed by atoms with Crippen LogP contribution in [0.25, 0.3) is 0 Å². The average molecular weight is 252 g/mol. The first kappa shape index (κ1) is 12.5. The normalized spacial score (nSPS) is 14.3. The van der Waals surface area contributed by atoms with E-state index in [4.69, 9.17) is 0 Å². The monoisotopic (exact) mass is 252 g/mol. The van der Waals surface area contributed by atoms with E-state index in [1.54, 1.807) is 6.92 Å². The van der Waals surface area contributed by atoms with Crippen LogP contribution in [0.1, 0.15) is 42.1 Å². The molecule has 0 aromatic carbocycles. The summed E-state index contributed by atoms with van der Waals surface area (Å²) in [6.07, 6.45) is 2.17. The van der Waals surface area contributed by atoms with Crippen molar-refractivity contribution in [3.63, 3.8) is 0 Å². The van der Waals surface area contributed by atoms with Crippen molar-refractivity contribution >= 4 is 11.9 Å². The third kappa shape index (κ3) is 2.66. The van der Waals surface area contributed by atoms with Crippen LogP contribution in [0.4, 0.5) is 0 Å². The van der Waals surface area contributed by atoms with Crippen LogP contribution in [0, 0.1) is 0 Å². The molecule has 0 bridgehead atoms. The number of rotatable bonds is 5. The Morgan fingerprint density at radius 1 is 1.50 bits per heavy atom. The number of aromatic nitrogens is 3. The summed E-state index contributed by atoms with van der Waals surface area (Å²) in [4.78, 5) is 28.7. The second-order valence-corrected chi connectivity index (χ2v) is 4.21. The van der Waals surface area contributed by atoms with E-state index in [9.17, 15) is 9.59 Å². The molecule has 1 aliphatic rings. The first-order chi connectivity index (χ1) is 8.65. The molecule has 1 aliphatic carbocycles. The van der Waals surface area contributed by atoms with Gasteiger partial charge in [0.1, 0.15) is 12.4 Å². The molecular formula is C11H16N4O3. The molecule has 0 spiro atoms. The molecule has 0 radical (unpaired) electrons. The largest absolute Gasteiger partial charge is 0.468 e. The van der Waals surface area contributed by atoms with Gasteiger partial charge >= 0.3 is 5.97 Å². The van der Waals surface area contributed by atoms with Crippen LogP contribution >= 0.6 is 0 Å². The second kappa shape index (κ2) is 5.16. The lowest BCUT2D eigenvalue weighted by Crippen LogP contribution is -2.36. The third-order valence-corrected chi connectivity index (χ3v) is 2.87. The Kier molecular flexibility index (Phi) is 3.59. The number of carbonyl (C=O) groups excluding carboxylic acids is 2. The van der Waals surface area contributed by atoms with E-state index in [0.717, 1.165) is 18.7 Å². The summed E-state index contributed by atoms with van der Waals surface area (Å²) in [6.45, 7) is 2.11. The zero-order valence-electron chi connectivity index (χ0n) is 10.5. The van der Waals surface area contributed by atoms with Gasteiger partial charge in [-0.05, 0) is 19.8 Å². The lowest BCUT2D eigenvalue weighted by Gasteiger charge is -2.17. The summed E-state index contributed by atoms with van der Waals surface area (Å²) in [5.41, 5.74) is 0. The molecule has 1 saturated carbocycles. The van der Waals surface area contributed by atoms with E-state index >= 15 is 0 Å². The van der Waals surface area contributed by atoms with Crippen LogP contribution in [0.2, 0.25) is 0 Å². The number of nitrogens with zero attached hydrogens (tertiary/aromatic N) is 3. The van der Waals surface area contributed by atoms with Crippen molar-refractivity contribution in [3.05, 3.63) is 11.6 Å². The highest BCUT2D eigenvalue weighted by Gasteiger charge is 2.29. The summed E-state index contributed by atoms with van der Waals surface area (Å²) in [7, 11) is 1.29. The summed E-state index contributed by atoms with van der Waals surface area (Å²) < 4.78 is 4.54. The number of aromatic amines is 1. The predicted octanol–water partition coefficient (Wildman–Crippen LogP) is 0.317. The fraction of sp³-hybridized carbons (Fsp3) is 0.636. The van der Waals surface area contributed by atoms with Crippen molar-refractivity contribution in [3.8, 4) is 0 Å². The van der Waals surface area contributed by atoms with E-state index in [1.165, 1.54) is 12.0 Å². The summed E-state index contributed by atoms with van der Waals surface area (Å²) in [5.74, 6) is 0.471. The van der Waals surface area contributed by atoms with Crippen LogP contribution in [0.5, 0.6) is 0 Å². The molecule has 0 saturated heterocycles. The third-order valence-electron chi connectivity index (χ3n) is 2.87.